The summed E-state index contributed by atoms with van der Waals surface area (Å²) in [6, 6.07) is 24.8. The van der Waals surface area contributed by atoms with E-state index in [2.05, 4.69) is 10.2 Å². The molecule has 1 atom stereocenters. The number of halogens is 3. The average Bonchev–Trinajstić information content (AvgIpc) is 3.71. The first-order chi connectivity index (χ1) is 22.8. The summed E-state index contributed by atoms with van der Waals surface area (Å²) in [6.45, 7) is 0.0776. The molecule has 6 aromatic rings. The van der Waals surface area contributed by atoms with Crippen LogP contribution in [0.1, 0.15) is 32.8 Å². The number of aromatic nitrogens is 2. The molecule has 0 N–H and O–H groups in total. The fraction of sp³-hybridized carbons (Fsp3) is 0.0882. The molecule has 0 saturated carbocycles. The van der Waals surface area contributed by atoms with Crippen LogP contribution in [0, 0.1) is 5.82 Å². The number of thioether (sulfide) groups is 1. The summed E-state index contributed by atoms with van der Waals surface area (Å²) in [5.41, 5.74) is -0.0204. The molecule has 8 rings (SSSR count). The van der Waals surface area contributed by atoms with Crippen molar-refractivity contribution in [3.05, 3.63) is 145 Å². The van der Waals surface area contributed by atoms with Crippen molar-refractivity contribution in [2.24, 2.45) is 0 Å². The van der Waals surface area contributed by atoms with E-state index in [0.717, 1.165) is 16.9 Å². The van der Waals surface area contributed by atoms with Crippen LogP contribution in [0.3, 0.4) is 0 Å². The number of anilines is 2. The van der Waals surface area contributed by atoms with Crippen LogP contribution in [-0.2, 0) is 22.6 Å². The Morgan fingerprint density at radius 3 is 2.49 bits per heavy atom. The standard InChI is InChI=1S/C34H19Cl2FN4O4S2/c35-20-11-14-26-22(15-20)28(42)27-29(45-26)30(43)41(32-38-39-33(47-32)46-17-18-9-12-21(37)13-10-18)34(27)23-6-2-4-8-25(23)40(31(34)44)16-19-5-1-3-7-24(19)36/h1-15H,16-17H2. The van der Waals surface area contributed by atoms with Crippen molar-refractivity contribution < 1.29 is 18.4 Å². The number of rotatable bonds is 6. The van der Waals surface area contributed by atoms with Gasteiger partial charge in [-0.15, -0.1) is 10.2 Å². The summed E-state index contributed by atoms with van der Waals surface area (Å²) in [5, 5.41) is 9.66. The molecule has 1 spiro atoms. The van der Waals surface area contributed by atoms with E-state index < -0.39 is 22.8 Å². The van der Waals surface area contributed by atoms with Gasteiger partial charge in [-0.25, -0.2) is 4.39 Å². The van der Waals surface area contributed by atoms with Crippen LogP contribution in [0.25, 0.3) is 11.0 Å². The minimum absolute atomic E-state index is 0.0776. The van der Waals surface area contributed by atoms with E-state index in [1.165, 1.54) is 45.8 Å². The second-order valence-electron chi connectivity index (χ2n) is 10.9. The predicted octanol–water partition coefficient (Wildman–Crippen LogP) is 7.83. The second kappa shape index (κ2) is 11.3. The van der Waals surface area contributed by atoms with Gasteiger partial charge in [-0.05, 0) is 53.6 Å². The average molecular weight is 702 g/mol. The molecule has 0 radical (unpaired) electrons. The molecule has 232 valence electrons. The van der Waals surface area contributed by atoms with Gasteiger partial charge in [0.05, 0.1) is 23.2 Å². The highest BCUT2D eigenvalue weighted by Crippen LogP contribution is 2.55. The molecule has 2 amide bonds. The van der Waals surface area contributed by atoms with Crippen molar-refractivity contribution in [2.75, 3.05) is 9.80 Å². The Balaban J connectivity index is 1.32. The van der Waals surface area contributed by atoms with Crippen LogP contribution < -0.4 is 15.2 Å². The number of amides is 2. The van der Waals surface area contributed by atoms with E-state index in [1.807, 2.05) is 12.1 Å². The van der Waals surface area contributed by atoms with Gasteiger partial charge in [0, 0.05) is 21.4 Å². The number of hydrogen-bond acceptors (Lipinski definition) is 8. The summed E-state index contributed by atoms with van der Waals surface area (Å²) < 4.78 is 20.1. The lowest BCUT2D eigenvalue weighted by Gasteiger charge is -2.32. The SMILES string of the molecule is O=C1c2oc3ccc(Cl)cc3c(=O)c2C2(C(=O)N(Cc3ccccc3Cl)c3ccccc32)N1c1nnc(SCc2ccc(F)cc2)s1. The summed E-state index contributed by atoms with van der Waals surface area (Å²) in [7, 11) is 0. The third kappa shape index (κ3) is 4.60. The second-order valence-corrected chi connectivity index (χ2v) is 13.9. The van der Waals surface area contributed by atoms with Crippen LogP contribution in [0.2, 0.25) is 10.0 Å². The fourth-order valence-corrected chi connectivity index (χ4v) is 8.38. The van der Waals surface area contributed by atoms with Crippen molar-refractivity contribution in [1.29, 1.82) is 0 Å². The number of carbonyl (C=O) groups excluding carboxylic acids is 2. The molecule has 8 nitrogen and oxygen atoms in total. The van der Waals surface area contributed by atoms with E-state index in [-0.39, 0.29) is 39.8 Å². The topological polar surface area (TPSA) is 96.6 Å². The van der Waals surface area contributed by atoms with E-state index >= 15 is 4.79 Å². The third-order valence-electron chi connectivity index (χ3n) is 8.24. The summed E-state index contributed by atoms with van der Waals surface area (Å²) in [6.07, 6.45) is 0. The molecule has 0 bridgehead atoms. The van der Waals surface area contributed by atoms with Crippen LogP contribution in [0.4, 0.5) is 15.2 Å². The molecule has 4 heterocycles. The molecule has 1 unspecified atom stereocenters. The Bertz CT molecular complexity index is 2330. The van der Waals surface area contributed by atoms with Gasteiger partial charge in [-0.1, -0.05) is 94.8 Å². The Kier molecular flexibility index (Phi) is 7.17. The molecule has 2 aliphatic rings. The summed E-state index contributed by atoms with van der Waals surface area (Å²) in [4.78, 5) is 46.8. The molecular weight excluding hydrogens is 682 g/mol. The van der Waals surface area contributed by atoms with Gasteiger partial charge in [0.25, 0.3) is 11.8 Å². The van der Waals surface area contributed by atoms with Crippen molar-refractivity contribution >= 4 is 79.9 Å². The minimum atomic E-state index is -1.96. The van der Waals surface area contributed by atoms with E-state index in [4.69, 9.17) is 27.6 Å². The van der Waals surface area contributed by atoms with Gasteiger partial charge in [-0.2, -0.15) is 0 Å². The van der Waals surface area contributed by atoms with Crippen molar-refractivity contribution in [3.8, 4) is 0 Å². The molecule has 2 aliphatic heterocycles. The number of hydrogen-bond donors (Lipinski definition) is 0. The maximum Gasteiger partial charge on any atom is 0.297 e. The molecule has 0 saturated heterocycles. The zero-order chi connectivity index (χ0) is 32.4. The van der Waals surface area contributed by atoms with Crippen LogP contribution >= 0.6 is 46.3 Å². The van der Waals surface area contributed by atoms with Gasteiger partial charge in [0.15, 0.2) is 15.3 Å². The predicted molar refractivity (Wildman–Crippen MR) is 180 cm³/mol. The maximum atomic E-state index is 15.1. The largest absolute Gasteiger partial charge is 0.450 e. The number of carbonyl (C=O) groups is 2. The quantitative estimate of drug-likeness (QED) is 0.129. The molecule has 0 aliphatic carbocycles. The monoisotopic (exact) mass is 700 g/mol. The van der Waals surface area contributed by atoms with E-state index in [1.54, 1.807) is 54.6 Å². The van der Waals surface area contributed by atoms with Crippen LogP contribution in [-0.4, -0.2) is 22.0 Å². The highest BCUT2D eigenvalue weighted by atomic mass is 35.5. The van der Waals surface area contributed by atoms with Crippen molar-refractivity contribution in [1.82, 2.24) is 10.2 Å². The lowest BCUT2D eigenvalue weighted by molar-refractivity contribution is -0.121. The van der Waals surface area contributed by atoms with Gasteiger partial charge in [0.2, 0.25) is 10.9 Å². The van der Waals surface area contributed by atoms with E-state index in [9.17, 15) is 14.0 Å². The lowest BCUT2D eigenvalue weighted by atomic mass is 9.84. The molecule has 4 aromatic carbocycles. The minimum Gasteiger partial charge on any atom is -0.450 e. The van der Waals surface area contributed by atoms with Crippen molar-refractivity contribution in [3.63, 3.8) is 0 Å². The van der Waals surface area contributed by atoms with Gasteiger partial charge in [-0.3, -0.25) is 19.3 Å². The summed E-state index contributed by atoms with van der Waals surface area (Å²) in [5.74, 6) is -1.38. The number of nitrogens with zero attached hydrogens (tertiary/aromatic N) is 4. The molecular formula is C34H19Cl2FN4O4S2. The van der Waals surface area contributed by atoms with Gasteiger partial charge < -0.3 is 9.32 Å². The third-order valence-corrected chi connectivity index (χ3v) is 11.0. The Morgan fingerprint density at radius 1 is 0.915 bits per heavy atom. The van der Waals surface area contributed by atoms with Crippen LogP contribution in [0.15, 0.2) is 105 Å². The first-order valence-corrected chi connectivity index (χ1v) is 16.8. The number of para-hydroxylation sites is 1. The first kappa shape index (κ1) is 29.8. The van der Waals surface area contributed by atoms with Crippen molar-refractivity contribution in [2.45, 2.75) is 22.2 Å². The van der Waals surface area contributed by atoms with E-state index in [0.29, 0.717) is 37.0 Å². The van der Waals surface area contributed by atoms with Crippen LogP contribution in [0.5, 0.6) is 0 Å². The zero-order valence-corrected chi connectivity index (χ0v) is 27.1. The highest BCUT2D eigenvalue weighted by Gasteiger charge is 2.66. The Morgan fingerprint density at radius 2 is 1.68 bits per heavy atom. The maximum absolute atomic E-state index is 15.1. The molecule has 13 heteroatoms. The van der Waals surface area contributed by atoms with Gasteiger partial charge >= 0.3 is 0 Å². The fourth-order valence-electron chi connectivity index (χ4n) is 6.17. The normalized spacial score (nSPS) is 16.8. The lowest BCUT2D eigenvalue weighted by Crippen LogP contribution is -2.53. The number of benzene rings is 4. The number of fused-ring (bicyclic) bond motifs is 5. The Hall–Kier alpha value is -4.55. The highest BCUT2D eigenvalue weighted by molar-refractivity contribution is 8.00. The Labute approximate surface area is 284 Å². The van der Waals surface area contributed by atoms with Gasteiger partial charge in [0.1, 0.15) is 11.4 Å². The molecule has 2 aromatic heterocycles. The zero-order valence-electron chi connectivity index (χ0n) is 23.9. The molecule has 0 fully saturated rings. The summed E-state index contributed by atoms with van der Waals surface area (Å²) >= 11 is 15.3. The first-order valence-electron chi connectivity index (χ1n) is 14.2. The smallest absolute Gasteiger partial charge is 0.297 e. The molecule has 47 heavy (non-hydrogen) atoms.